The molecule has 0 spiro atoms. The number of rotatable bonds is 5. The van der Waals surface area contributed by atoms with Crippen molar-refractivity contribution < 1.29 is 9.59 Å². The van der Waals surface area contributed by atoms with Crippen molar-refractivity contribution in [2.24, 2.45) is 17.8 Å². The zero-order chi connectivity index (χ0) is 15.5. The van der Waals surface area contributed by atoms with Crippen molar-refractivity contribution in [3.63, 3.8) is 0 Å². The molecule has 4 heteroatoms. The van der Waals surface area contributed by atoms with Crippen LogP contribution in [0.5, 0.6) is 0 Å². The summed E-state index contributed by atoms with van der Waals surface area (Å²) in [4.78, 5) is 23.5. The summed E-state index contributed by atoms with van der Waals surface area (Å²) in [7, 11) is 1.63. The Balaban J connectivity index is 1.50. The zero-order valence-corrected chi connectivity index (χ0v) is 13.1. The number of benzene rings is 1. The molecular formula is C18H24N2O2. The standard InChI is InChI=1S/C18H24N2O2/c1-19-17(21)10-12-3-6-16(7-4-12)20-18(22)11-15-9-13-2-5-14(15)8-13/h3-4,6-7,13-15H,2,5,8-11H2,1H3,(H,19,21)(H,20,22). The quantitative estimate of drug-likeness (QED) is 0.878. The van der Waals surface area contributed by atoms with Crippen LogP contribution >= 0.6 is 0 Å². The summed E-state index contributed by atoms with van der Waals surface area (Å²) in [5, 5.41) is 5.59. The largest absolute Gasteiger partial charge is 0.359 e. The van der Waals surface area contributed by atoms with Gasteiger partial charge in [-0.25, -0.2) is 0 Å². The molecule has 2 N–H and O–H groups in total. The Kier molecular flexibility index (Phi) is 4.46. The highest BCUT2D eigenvalue weighted by Crippen LogP contribution is 2.49. The highest BCUT2D eigenvalue weighted by Gasteiger charge is 2.40. The van der Waals surface area contributed by atoms with E-state index in [-0.39, 0.29) is 11.8 Å². The Morgan fingerprint density at radius 2 is 1.86 bits per heavy atom. The third-order valence-electron chi connectivity index (χ3n) is 5.21. The zero-order valence-electron chi connectivity index (χ0n) is 13.1. The topological polar surface area (TPSA) is 58.2 Å². The first-order valence-electron chi connectivity index (χ1n) is 8.23. The number of likely N-dealkylation sites (N-methyl/N-ethyl adjacent to an activating group) is 1. The number of carbonyl (C=O) groups is 2. The Bertz CT molecular complexity index is 553. The summed E-state index contributed by atoms with van der Waals surface area (Å²) in [5.41, 5.74) is 1.76. The van der Waals surface area contributed by atoms with Gasteiger partial charge in [-0.05, 0) is 54.7 Å². The van der Waals surface area contributed by atoms with Crippen molar-refractivity contribution in [1.29, 1.82) is 0 Å². The fourth-order valence-corrected chi connectivity index (χ4v) is 4.06. The van der Waals surface area contributed by atoms with Crippen LogP contribution in [0.3, 0.4) is 0 Å². The Hall–Kier alpha value is -1.84. The van der Waals surface area contributed by atoms with Crippen molar-refractivity contribution >= 4 is 17.5 Å². The summed E-state index contributed by atoms with van der Waals surface area (Å²) >= 11 is 0. The minimum atomic E-state index is -0.00642. The van der Waals surface area contributed by atoms with E-state index in [1.54, 1.807) is 7.05 Å². The lowest BCUT2D eigenvalue weighted by molar-refractivity contribution is -0.120. The molecule has 2 aliphatic rings. The molecule has 0 saturated heterocycles. The van der Waals surface area contributed by atoms with Crippen LogP contribution in [0.4, 0.5) is 5.69 Å². The third kappa shape index (κ3) is 3.49. The van der Waals surface area contributed by atoms with Gasteiger partial charge >= 0.3 is 0 Å². The van der Waals surface area contributed by atoms with Gasteiger partial charge in [0.15, 0.2) is 0 Å². The Morgan fingerprint density at radius 3 is 2.45 bits per heavy atom. The van der Waals surface area contributed by atoms with E-state index < -0.39 is 0 Å². The molecule has 118 valence electrons. The number of anilines is 1. The molecule has 2 aliphatic carbocycles. The second kappa shape index (κ2) is 6.51. The molecule has 3 rings (SSSR count). The Morgan fingerprint density at radius 1 is 1.09 bits per heavy atom. The first-order chi connectivity index (χ1) is 10.6. The molecule has 2 saturated carbocycles. The highest BCUT2D eigenvalue weighted by molar-refractivity contribution is 5.91. The van der Waals surface area contributed by atoms with Gasteiger partial charge in [0.05, 0.1) is 6.42 Å². The SMILES string of the molecule is CNC(=O)Cc1ccc(NC(=O)CC2CC3CCC2C3)cc1. The van der Waals surface area contributed by atoms with Crippen LogP contribution in [0, 0.1) is 17.8 Å². The van der Waals surface area contributed by atoms with E-state index in [1.165, 1.54) is 25.7 Å². The molecule has 2 amide bonds. The normalized spacial score (nSPS) is 26.0. The van der Waals surface area contributed by atoms with E-state index >= 15 is 0 Å². The van der Waals surface area contributed by atoms with Crippen molar-refractivity contribution in [2.45, 2.75) is 38.5 Å². The van der Waals surface area contributed by atoms with Crippen molar-refractivity contribution in [2.75, 3.05) is 12.4 Å². The van der Waals surface area contributed by atoms with E-state index in [1.807, 2.05) is 24.3 Å². The van der Waals surface area contributed by atoms with E-state index in [2.05, 4.69) is 10.6 Å². The summed E-state index contributed by atoms with van der Waals surface area (Å²) < 4.78 is 0. The molecular weight excluding hydrogens is 276 g/mol. The van der Waals surface area contributed by atoms with Gasteiger partial charge in [-0.2, -0.15) is 0 Å². The monoisotopic (exact) mass is 300 g/mol. The average Bonchev–Trinajstić information content (AvgIpc) is 3.11. The van der Waals surface area contributed by atoms with Gasteiger partial charge in [0.2, 0.25) is 11.8 Å². The number of amides is 2. The average molecular weight is 300 g/mol. The summed E-state index contributed by atoms with van der Waals surface area (Å²) in [6.07, 6.45) is 6.29. The van der Waals surface area contributed by atoms with Gasteiger partial charge in [0.1, 0.15) is 0 Å². The van der Waals surface area contributed by atoms with Crippen LogP contribution < -0.4 is 10.6 Å². The van der Waals surface area contributed by atoms with Gasteiger partial charge in [-0.3, -0.25) is 9.59 Å². The maximum atomic E-state index is 12.2. The molecule has 3 unspecified atom stereocenters. The van der Waals surface area contributed by atoms with Crippen LogP contribution in [0.2, 0.25) is 0 Å². The lowest BCUT2D eigenvalue weighted by Gasteiger charge is -2.20. The number of carbonyl (C=O) groups excluding carboxylic acids is 2. The second-order valence-electron chi connectivity index (χ2n) is 6.73. The van der Waals surface area contributed by atoms with E-state index in [0.717, 1.165) is 23.1 Å². The number of nitrogens with one attached hydrogen (secondary N) is 2. The van der Waals surface area contributed by atoms with Gasteiger partial charge in [-0.1, -0.05) is 18.6 Å². The fourth-order valence-electron chi connectivity index (χ4n) is 4.06. The molecule has 1 aromatic carbocycles. The van der Waals surface area contributed by atoms with Crippen LogP contribution in [-0.2, 0) is 16.0 Å². The van der Waals surface area contributed by atoms with Crippen LogP contribution in [0.25, 0.3) is 0 Å². The minimum absolute atomic E-state index is 0.00642. The minimum Gasteiger partial charge on any atom is -0.359 e. The maximum absolute atomic E-state index is 12.2. The van der Waals surface area contributed by atoms with Crippen molar-refractivity contribution in [1.82, 2.24) is 5.32 Å². The lowest BCUT2D eigenvalue weighted by Crippen LogP contribution is -2.20. The van der Waals surface area contributed by atoms with Gasteiger partial charge in [-0.15, -0.1) is 0 Å². The summed E-state index contributed by atoms with van der Waals surface area (Å²) in [6, 6.07) is 7.53. The molecule has 22 heavy (non-hydrogen) atoms. The number of hydrogen-bond acceptors (Lipinski definition) is 2. The first-order valence-corrected chi connectivity index (χ1v) is 8.23. The number of hydrogen-bond donors (Lipinski definition) is 2. The highest BCUT2D eigenvalue weighted by atomic mass is 16.2. The van der Waals surface area contributed by atoms with Gasteiger partial charge < -0.3 is 10.6 Å². The summed E-state index contributed by atoms with van der Waals surface area (Å²) in [5.74, 6) is 2.37. The molecule has 1 aromatic rings. The van der Waals surface area contributed by atoms with Gasteiger partial charge in [0.25, 0.3) is 0 Å². The molecule has 0 aliphatic heterocycles. The van der Waals surface area contributed by atoms with E-state index in [0.29, 0.717) is 18.8 Å². The predicted octanol–water partition coefficient (Wildman–Crippen LogP) is 2.74. The van der Waals surface area contributed by atoms with Crippen molar-refractivity contribution in [3.05, 3.63) is 29.8 Å². The lowest BCUT2D eigenvalue weighted by atomic mass is 9.86. The molecule has 0 heterocycles. The van der Waals surface area contributed by atoms with Gasteiger partial charge in [0, 0.05) is 19.2 Å². The fraction of sp³-hybridized carbons (Fsp3) is 0.556. The van der Waals surface area contributed by atoms with Crippen LogP contribution in [-0.4, -0.2) is 18.9 Å². The third-order valence-corrected chi connectivity index (χ3v) is 5.21. The van der Waals surface area contributed by atoms with Crippen LogP contribution in [0.1, 0.15) is 37.7 Å². The molecule has 2 fully saturated rings. The Labute approximate surface area is 131 Å². The van der Waals surface area contributed by atoms with E-state index in [4.69, 9.17) is 0 Å². The molecule has 2 bridgehead atoms. The molecule has 3 atom stereocenters. The van der Waals surface area contributed by atoms with Crippen LogP contribution in [0.15, 0.2) is 24.3 Å². The second-order valence-corrected chi connectivity index (χ2v) is 6.73. The smallest absolute Gasteiger partial charge is 0.224 e. The molecule has 0 radical (unpaired) electrons. The van der Waals surface area contributed by atoms with Crippen molar-refractivity contribution in [3.8, 4) is 0 Å². The first kappa shape index (κ1) is 15.1. The predicted molar refractivity (Wildman–Crippen MR) is 86.4 cm³/mol. The van der Waals surface area contributed by atoms with E-state index in [9.17, 15) is 9.59 Å². The molecule has 4 nitrogen and oxygen atoms in total. The summed E-state index contributed by atoms with van der Waals surface area (Å²) in [6.45, 7) is 0. The molecule has 0 aromatic heterocycles. The number of fused-ring (bicyclic) bond motifs is 2. The maximum Gasteiger partial charge on any atom is 0.224 e.